The molecule has 0 unspecified atom stereocenters. The minimum Gasteiger partial charge on any atom is -0.496 e. The molecule has 3 rings (SSSR count). The largest absolute Gasteiger partial charge is 0.496 e. The number of hydrogen-bond donors (Lipinski definition) is 0. The molecular formula is C19H16FNO5. The Balaban J connectivity index is 2.01. The molecular weight excluding hydrogens is 341 g/mol. The van der Waals surface area contributed by atoms with Crippen molar-refractivity contribution in [3.8, 4) is 17.2 Å². The van der Waals surface area contributed by atoms with Gasteiger partial charge in [-0.1, -0.05) is 12.1 Å². The third kappa shape index (κ3) is 3.23. The zero-order chi connectivity index (χ0) is 18.7. The van der Waals surface area contributed by atoms with Gasteiger partial charge >= 0.3 is 5.97 Å². The Morgan fingerprint density at radius 3 is 2.23 bits per heavy atom. The van der Waals surface area contributed by atoms with Gasteiger partial charge in [-0.3, -0.25) is 0 Å². The highest BCUT2D eigenvalue weighted by Crippen LogP contribution is 2.32. The number of rotatable bonds is 5. The van der Waals surface area contributed by atoms with E-state index >= 15 is 0 Å². The molecule has 0 aliphatic carbocycles. The average molecular weight is 357 g/mol. The van der Waals surface area contributed by atoms with E-state index in [2.05, 4.69) is 4.99 Å². The summed E-state index contributed by atoms with van der Waals surface area (Å²) in [6.07, 6.45) is 1.43. The van der Waals surface area contributed by atoms with Gasteiger partial charge in [-0.25, -0.2) is 14.2 Å². The molecule has 1 heterocycles. The number of aliphatic imine (C=N–C) groups is 1. The van der Waals surface area contributed by atoms with E-state index in [-0.39, 0.29) is 17.3 Å². The summed E-state index contributed by atoms with van der Waals surface area (Å²) in [6, 6.07) is 9.48. The van der Waals surface area contributed by atoms with Crippen LogP contribution in [0.5, 0.6) is 17.2 Å². The Kier molecular flexibility index (Phi) is 4.88. The molecule has 0 spiro atoms. The first-order valence-electron chi connectivity index (χ1n) is 7.65. The lowest BCUT2D eigenvalue weighted by atomic mass is 10.1. The van der Waals surface area contributed by atoms with Gasteiger partial charge in [0.25, 0.3) is 0 Å². The minimum absolute atomic E-state index is 0.0394. The predicted molar refractivity (Wildman–Crippen MR) is 93.1 cm³/mol. The standard InChI is InChI=1S/C19H16FNO5/c1-23-14-8-7-11(9-12(14)20)10-13-19(22)26-18(21-13)17-15(24-2)5-4-6-16(17)25-3/h4-10H,1-3H3/b13-10+. The van der Waals surface area contributed by atoms with E-state index in [4.69, 9.17) is 18.9 Å². The fraction of sp³-hybridized carbons (Fsp3) is 0.158. The highest BCUT2D eigenvalue weighted by molar-refractivity contribution is 6.14. The molecule has 6 nitrogen and oxygen atoms in total. The second-order valence-corrected chi connectivity index (χ2v) is 5.27. The first-order valence-corrected chi connectivity index (χ1v) is 7.65. The second-order valence-electron chi connectivity index (χ2n) is 5.27. The van der Waals surface area contributed by atoms with Crippen molar-refractivity contribution in [2.24, 2.45) is 4.99 Å². The van der Waals surface area contributed by atoms with Crippen LogP contribution in [0.2, 0.25) is 0 Å². The van der Waals surface area contributed by atoms with Crippen molar-refractivity contribution < 1.29 is 28.1 Å². The van der Waals surface area contributed by atoms with Crippen molar-refractivity contribution in [2.45, 2.75) is 0 Å². The van der Waals surface area contributed by atoms with E-state index in [1.165, 1.54) is 39.5 Å². The summed E-state index contributed by atoms with van der Waals surface area (Å²) in [4.78, 5) is 16.4. The first kappa shape index (κ1) is 17.5. The molecule has 2 aromatic rings. The fourth-order valence-corrected chi connectivity index (χ4v) is 2.51. The van der Waals surface area contributed by atoms with Crippen molar-refractivity contribution in [3.63, 3.8) is 0 Å². The molecule has 0 bridgehead atoms. The summed E-state index contributed by atoms with van der Waals surface area (Å²) in [7, 11) is 4.36. The average Bonchev–Trinajstić information content (AvgIpc) is 3.01. The van der Waals surface area contributed by atoms with E-state index in [0.29, 0.717) is 22.6 Å². The molecule has 1 aliphatic rings. The number of benzene rings is 2. The van der Waals surface area contributed by atoms with Gasteiger partial charge in [-0.2, -0.15) is 0 Å². The lowest BCUT2D eigenvalue weighted by Crippen LogP contribution is -2.08. The van der Waals surface area contributed by atoms with E-state index in [9.17, 15) is 9.18 Å². The summed E-state index contributed by atoms with van der Waals surface area (Å²) in [6.45, 7) is 0. The van der Waals surface area contributed by atoms with Crippen LogP contribution in [0.25, 0.3) is 6.08 Å². The Bertz CT molecular complexity index is 898. The third-order valence-corrected chi connectivity index (χ3v) is 3.74. The number of ether oxygens (including phenoxy) is 4. The van der Waals surface area contributed by atoms with E-state index in [1.807, 2.05) is 0 Å². The molecule has 1 aliphatic heterocycles. The summed E-state index contributed by atoms with van der Waals surface area (Å²) >= 11 is 0. The zero-order valence-electron chi connectivity index (χ0n) is 14.4. The normalized spacial score (nSPS) is 14.8. The van der Waals surface area contributed by atoms with Crippen LogP contribution in [-0.2, 0) is 9.53 Å². The molecule has 0 amide bonds. The Hall–Kier alpha value is -3.35. The van der Waals surface area contributed by atoms with Crippen LogP contribution in [0, 0.1) is 5.82 Å². The van der Waals surface area contributed by atoms with Crippen LogP contribution >= 0.6 is 0 Å². The number of nitrogens with zero attached hydrogens (tertiary/aromatic N) is 1. The molecule has 2 aromatic carbocycles. The molecule has 0 aromatic heterocycles. The minimum atomic E-state index is -0.649. The van der Waals surface area contributed by atoms with Gasteiger partial charge in [0.1, 0.15) is 17.1 Å². The topological polar surface area (TPSA) is 66.3 Å². The summed E-state index contributed by atoms with van der Waals surface area (Å²) < 4.78 is 34.5. The first-order chi connectivity index (χ1) is 12.6. The second kappa shape index (κ2) is 7.26. The van der Waals surface area contributed by atoms with Crippen LogP contribution in [0.15, 0.2) is 47.1 Å². The van der Waals surface area contributed by atoms with Gasteiger partial charge in [0.05, 0.1) is 21.3 Å². The smallest absolute Gasteiger partial charge is 0.363 e. The molecule has 0 atom stereocenters. The quantitative estimate of drug-likeness (QED) is 0.607. The van der Waals surface area contributed by atoms with E-state index < -0.39 is 11.8 Å². The maximum absolute atomic E-state index is 13.8. The SMILES string of the molecule is COc1ccc(/C=C2/N=C(c3c(OC)cccc3OC)OC2=O)cc1F. The van der Waals surface area contributed by atoms with Gasteiger partial charge in [0.15, 0.2) is 17.3 Å². The van der Waals surface area contributed by atoms with Crippen molar-refractivity contribution in [1.29, 1.82) is 0 Å². The lowest BCUT2D eigenvalue weighted by molar-refractivity contribution is -0.129. The lowest BCUT2D eigenvalue weighted by Gasteiger charge is -2.11. The van der Waals surface area contributed by atoms with Crippen molar-refractivity contribution in [3.05, 3.63) is 59.0 Å². The maximum atomic E-state index is 13.8. The monoisotopic (exact) mass is 357 g/mol. The van der Waals surface area contributed by atoms with Crippen molar-refractivity contribution >= 4 is 17.9 Å². The Morgan fingerprint density at radius 1 is 1.00 bits per heavy atom. The van der Waals surface area contributed by atoms with Gasteiger partial charge < -0.3 is 18.9 Å². The van der Waals surface area contributed by atoms with Crippen LogP contribution in [0.3, 0.4) is 0 Å². The molecule has 26 heavy (non-hydrogen) atoms. The summed E-state index contributed by atoms with van der Waals surface area (Å²) in [5, 5.41) is 0. The van der Waals surface area contributed by atoms with Gasteiger partial charge in [0.2, 0.25) is 5.90 Å². The molecule has 134 valence electrons. The molecule has 7 heteroatoms. The highest BCUT2D eigenvalue weighted by atomic mass is 19.1. The van der Waals surface area contributed by atoms with Crippen LogP contribution in [-0.4, -0.2) is 33.2 Å². The van der Waals surface area contributed by atoms with E-state index in [1.54, 1.807) is 24.3 Å². The number of halogens is 1. The Morgan fingerprint density at radius 2 is 1.65 bits per heavy atom. The molecule has 0 saturated heterocycles. The number of cyclic esters (lactones) is 1. The molecule has 0 saturated carbocycles. The zero-order valence-corrected chi connectivity index (χ0v) is 14.4. The van der Waals surface area contributed by atoms with Gasteiger partial charge in [0, 0.05) is 0 Å². The number of methoxy groups -OCH3 is 3. The van der Waals surface area contributed by atoms with Crippen LogP contribution in [0.4, 0.5) is 4.39 Å². The number of esters is 1. The van der Waals surface area contributed by atoms with E-state index in [0.717, 1.165) is 0 Å². The van der Waals surface area contributed by atoms with Crippen molar-refractivity contribution in [1.82, 2.24) is 0 Å². The number of carbonyl (C=O) groups is 1. The number of hydrogen-bond acceptors (Lipinski definition) is 6. The molecule has 0 fully saturated rings. The predicted octanol–water partition coefficient (Wildman–Crippen LogP) is 3.20. The van der Waals surface area contributed by atoms with Crippen molar-refractivity contribution in [2.75, 3.05) is 21.3 Å². The third-order valence-electron chi connectivity index (χ3n) is 3.74. The fourth-order valence-electron chi connectivity index (χ4n) is 2.51. The van der Waals surface area contributed by atoms with Gasteiger partial charge in [-0.05, 0) is 35.9 Å². The highest BCUT2D eigenvalue weighted by Gasteiger charge is 2.29. The maximum Gasteiger partial charge on any atom is 0.363 e. The molecule has 0 N–H and O–H groups in total. The number of carbonyl (C=O) groups excluding carboxylic acids is 1. The van der Waals surface area contributed by atoms with Crippen LogP contribution in [0.1, 0.15) is 11.1 Å². The Labute approximate surface area is 149 Å². The summed E-state index contributed by atoms with van der Waals surface area (Å²) in [5.41, 5.74) is 0.917. The van der Waals surface area contributed by atoms with Crippen LogP contribution < -0.4 is 14.2 Å². The van der Waals surface area contributed by atoms with Gasteiger partial charge in [-0.15, -0.1) is 0 Å². The summed E-state index contributed by atoms with van der Waals surface area (Å²) in [5.74, 6) is -0.109. The molecule has 0 radical (unpaired) electrons.